The highest BCUT2D eigenvalue weighted by Crippen LogP contribution is 2.26. The molecule has 0 bridgehead atoms. The number of fused-ring (bicyclic) bond motifs is 1. The van der Waals surface area contributed by atoms with Gasteiger partial charge in [0, 0.05) is 24.6 Å². The second kappa shape index (κ2) is 8.96. The predicted molar refractivity (Wildman–Crippen MR) is 112 cm³/mol. The Morgan fingerprint density at radius 3 is 2.69 bits per heavy atom. The molecular formula is C22H18F2N4O4. The lowest BCUT2D eigenvalue weighted by molar-refractivity contribution is -0.116. The Bertz CT molecular complexity index is 1330. The highest BCUT2D eigenvalue weighted by molar-refractivity contribution is 5.92. The quantitative estimate of drug-likeness (QED) is 0.470. The fraction of sp³-hybridized carbons (Fsp3) is 0.182. The molecule has 0 spiro atoms. The maximum atomic E-state index is 13.6. The van der Waals surface area contributed by atoms with Crippen LogP contribution in [0.2, 0.25) is 0 Å². The highest BCUT2D eigenvalue weighted by Gasteiger charge is 2.18. The summed E-state index contributed by atoms with van der Waals surface area (Å²) in [5.41, 5.74) is -0.0716. The van der Waals surface area contributed by atoms with Crippen LogP contribution in [0.3, 0.4) is 0 Å². The number of ether oxygens (including phenoxy) is 1. The molecule has 8 nitrogen and oxygen atoms in total. The average Bonchev–Trinajstić information content (AvgIpc) is 3.19. The molecule has 0 aliphatic heterocycles. The number of nitrogens with zero attached hydrogens (tertiary/aromatic N) is 3. The fourth-order valence-corrected chi connectivity index (χ4v) is 3.21. The van der Waals surface area contributed by atoms with E-state index in [0.717, 1.165) is 12.1 Å². The number of anilines is 1. The molecule has 10 heteroatoms. The van der Waals surface area contributed by atoms with Crippen molar-refractivity contribution in [2.75, 3.05) is 11.9 Å². The summed E-state index contributed by atoms with van der Waals surface area (Å²) in [7, 11) is 0. The van der Waals surface area contributed by atoms with Crippen LogP contribution in [-0.4, -0.2) is 27.2 Å². The lowest BCUT2D eigenvalue weighted by Gasteiger charge is -2.11. The number of para-hydroxylation sites is 2. The average molecular weight is 440 g/mol. The third-order valence-corrected chi connectivity index (χ3v) is 4.64. The molecule has 4 rings (SSSR count). The van der Waals surface area contributed by atoms with Crippen LogP contribution < -0.4 is 15.6 Å². The van der Waals surface area contributed by atoms with Crippen LogP contribution in [-0.2, 0) is 11.3 Å². The van der Waals surface area contributed by atoms with Gasteiger partial charge in [0.2, 0.25) is 5.91 Å². The molecule has 0 fully saturated rings. The minimum atomic E-state index is -0.815. The molecule has 0 unspecified atom stereocenters. The van der Waals surface area contributed by atoms with Crippen molar-refractivity contribution in [1.82, 2.24) is 14.7 Å². The van der Waals surface area contributed by atoms with Gasteiger partial charge in [-0.15, -0.1) is 0 Å². The summed E-state index contributed by atoms with van der Waals surface area (Å²) in [6, 6.07) is 9.81. The first-order valence-electron chi connectivity index (χ1n) is 9.79. The number of aromatic nitrogens is 3. The van der Waals surface area contributed by atoms with Crippen LogP contribution in [0.1, 0.15) is 13.3 Å². The van der Waals surface area contributed by atoms with Gasteiger partial charge in [-0.25, -0.2) is 13.8 Å². The van der Waals surface area contributed by atoms with Gasteiger partial charge in [0.25, 0.3) is 11.3 Å². The number of carbonyl (C=O) groups is 1. The Morgan fingerprint density at radius 2 is 1.94 bits per heavy atom. The topological polar surface area (TPSA) is 99.2 Å². The van der Waals surface area contributed by atoms with Crippen molar-refractivity contribution >= 4 is 22.7 Å². The van der Waals surface area contributed by atoms with Crippen molar-refractivity contribution in [1.29, 1.82) is 0 Å². The monoisotopic (exact) mass is 440 g/mol. The SMILES string of the molecule is CCOc1ccccc1NC(=O)CCn1cnc2onc(-c3cc(F)cc(F)c3)c2c1=O. The van der Waals surface area contributed by atoms with Gasteiger partial charge in [0.05, 0.1) is 12.3 Å². The molecule has 2 aromatic carbocycles. The van der Waals surface area contributed by atoms with Gasteiger partial charge in [-0.05, 0) is 31.2 Å². The van der Waals surface area contributed by atoms with Crippen LogP contribution in [0.4, 0.5) is 14.5 Å². The largest absolute Gasteiger partial charge is 0.492 e. The summed E-state index contributed by atoms with van der Waals surface area (Å²) in [5.74, 6) is -1.42. The molecule has 2 aromatic heterocycles. The molecule has 1 amide bonds. The summed E-state index contributed by atoms with van der Waals surface area (Å²) in [6.07, 6.45) is 1.20. The van der Waals surface area contributed by atoms with Gasteiger partial charge in [0.15, 0.2) is 0 Å². The molecule has 0 aliphatic rings. The van der Waals surface area contributed by atoms with Crippen molar-refractivity contribution in [3.8, 4) is 17.0 Å². The normalized spacial score (nSPS) is 11.0. The summed E-state index contributed by atoms with van der Waals surface area (Å²) < 4.78 is 39.0. The smallest absolute Gasteiger partial charge is 0.266 e. The van der Waals surface area contributed by atoms with E-state index in [9.17, 15) is 18.4 Å². The Hall–Kier alpha value is -4.08. The lowest BCUT2D eigenvalue weighted by Crippen LogP contribution is -2.23. The predicted octanol–water partition coefficient (Wildman–Crippen LogP) is 3.76. The molecular weight excluding hydrogens is 422 g/mol. The van der Waals surface area contributed by atoms with Crippen molar-refractivity contribution in [3.05, 3.63) is 70.8 Å². The molecule has 1 N–H and O–H groups in total. The summed E-state index contributed by atoms with van der Waals surface area (Å²) in [4.78, 5) is 29.4. The maximum absolute atomic E-state index is 13.6. The first-order valence-corrected chi connectivity index (χ1v) is 9.79. The van der Waals surface area contributed by atoms with Crippen LogP contribution in [0.15, 0.2) is 58.1 Å². The molecule has 0 atom stereocenters. The zero-order valence-electron chi connectivity index (χ0n) is 17.0. The minimum absolute atomic E-state index is 0.0204. The van der Waals surface area contributed by atoms with Gasteiger partial charge in [0.1, 0.15) is 34.8 Å². The van der Waals surface area contributed by atoms with Crippen LogP contribution in [0, 0.1) is 11.6 Å². The number of carbonyl (C=O) groups excluding carboxylic acids is 1. The number of aryl methyl sites for hydroxylation is 1. The second-order valence-corrected chi connectivity index (χ2v) is 6.84. The Morgan fingerprint density at radius 1 is 1.19 bits per heavy atom. The first-order chi connectivity index (χ1) is 15.5. The van der Waals surface area contributed by atoms with E-state index in [1.165, 1.54) is 10.9 Å². The molecule has 4 aromatic rings. The van der Waals surface area contributed by atoms with Crippen LogP contribution >= 0.6 is 0 Å². The Labute approximate surface area is 180 Å². The van der Waals surface area contributed by atoms with E-state index in [0.29, 0.717) is 24.1 Å². The number of benzene rings is 2. The number of hydrogen-bond acceptors (Lipinski definition) is 6. The third kappa shape index (κ3) is 4.34. The van der Waals surface area contributed by atoms with Gasteiger partial charge in [-0.2, -0.15) is 0 Å². The molecule has 0 aliphatic carbocycles. The van der Waals surface area contributed by atoms with Gasteiger partial charge < -0.3 is 14.6 Å². The number of amides is 1. The highest BCUT2D eigenvalue weighted by atomic mass is 19.1. The lowest BCUT2D eigenvalue weighted by atomic mass is 10.1. The molecule has 0 saturated carbocycles. The van der Waals surface area contributed by atoms with E-state index in [-0.39, 0.29) is 41.2 Å². The molecule has 0 saturated heterocycles. The van der Waals surface area contributed by atoms with Gasteiger partial charge >= 0.3 is 0 Å². The zero-order valence-corrected chi connectivity index (χ0v) is 17.0. The van der Waals surface area contributed by atoms with Crippen molar-refractivity contribution in [2.45, 2.75) is 19.9 Å². The van der Waals surface area contributed by atoms with Crippen molar-refractivity contribution < 1.29 is 22.8 Å². The van der Waals surface area contributed by atoms with E-state index >= 15 is 0 Å². The van der Waals surface area contributed by atoms with E-state index in [1.54, 1.807) is 24.3 Å². The summed E-state index contributed by atoms with van der Waals surface area (Å²) in [6.45, 7) is 2.31. The number of rotatable bonds is 7. The van der Waals surface area contributed by atoms with Gasteiger partial charge in [-0.3, -0.25) is 14.2 Å². The van der Waals surface area contributed by atoms with E-state index < -0.39 is 17.2 Å². The van der Waals surface area contributed by atoms with Gasteiger partial charge in [-0.1, -0.05) is 17.3 Å². The molecule has 32 heavy (non-hydrogen) atoms. The van der Waals surface area contributed by atoms with E-state index in [2.05, 4.69) is 15.5 Å². The Kier molecular flexibility index (Phi) is 5.93. The van der Waals surface area contributed by atoms with Crippen molar-refractivity contribution in [2.24, 2.45) is 0 Å². The first kappa shape index (κ1) is 21.2. The zero-order chi connectivity index (χ0) is 22.7. The van der Waals surface area contributed by atoms with Crippen molar-refractivity contribution in [3.63, 3.8) is 0 Å². The molecule has 2 heterocycles. The Balaban J connectivity index is 1.56. The molecule has 0 radical (unpaired) electrons. The maximum Gasteiger partial charge on any atom is 0.266 e. The van der Waals surface area contributed by atoms with Crippen LogP contribution in [0.5, 0.6) is 5.75 Å². The minimum Gasteiger partial charge on any atom is -0.492 e. The fourth-order valence-electron chi connectivity index (χ4n) is 3.21. The number of hydrogen-bond donors (Lipinski definition) is 1. The van der Waals surface area contributed by atoms with Crippen LogP contribution in [0.25, 0.3) is 22.4 Å². The molecule has 164 valence electrons. The summed E-state index contributed by atoms with van der Waals surface area (Å²) >= 11 is 0. The van der Waals surface area contributed by atoms with E-state index in [1.807, 2.05) is 6.92 Å². The number of halogens is 2. The summed E-state index contributed by atoms with van der Waals surface area (Å²) in [5, 5.41) is 6.48. The second-order valence-electron chi connectivity index (χ2n) is 6.84. The van der Waals surface area contributed by atoms with E-state index in [4.69, 9.17) is 9.26 Å². The third-order valence-electron chi connectivity index (χ3n) is 4.64. The number of nitrogens with one attached hydrogen (secondary N) is 1. The standard InChI is InChI=1S/C22H18F2N4O4/c1-2-31-17-6-4-3-5-16(17)26-18(29)7-8-28-12-25-21-19(22(28)30)20(27-32-21)13-9-14(23)11-15(24)10-13/h3-6,9-12H,2,7-8H2,1H3,(H,26,29).